The van der Waals surface area contributed by atoms with Crippen LogP contribution in [0.2, 0.25) is 0 Å². The smallest absolute Gasteiger partial charge is 0.410 e. The number of nitrogens with zero attached hydrogens (tertiary/aromatic N) is 9. The van der Waals surface area contributed by atoms with Gasteiger partial charge in [0.25, 0.3) is 0 Å². The van der Waals surface area contributed by atoms with Gasteiger partial charge in [0.1, 0.15) is 24.0 Å². The third-order valence-electron chi connectivity index (χ3n) is 9.30. The Morgan fingerprint density at radius 2 is 1.71 bits per heavy atom. The summed E-state index contributed by atoms with van der Waals surface area (Å²) in [5.74, 6) is 1.58. The summed E-state index contributed by atoms with van der Waals surface area (Å²) < 4.78 is 25.1. The molecule has 0 radical (unpaired) electrons. The Morgan fingerprint density at radius 3 is 2.37 bits per heavy atom. The maximum atomic E-state index is 14.7. The molecule has 16 heteroatoms. The fraction of sp³-hybridized carbons (Fsp3) is 0.486. The molecular formula is C35H44N10O6. The third-order valence-corrected chi connectivity index (χ3v) is 9.30. The van der Waals surface area contributed by atoms with Gasteiger partial charge in [-0.15, -0.1) is 5.10 Å². The van der Waals surface area contributed by atoms with E-state index in [4.69, 9.17) is 39.4 Å². The molecule has 1 atom stereocenters. The van der Waals surface area contributed by atoms with Gasteiger partial charge < -0.3 is 39.1 Å². The van der Waals surface area contributed by atoms with E-state index in [0.717, 1.165) is 11.4 Å². The van der Waals surface area contributed by atoms with E-state index in [9.17, 15) is 9.59 Å². The van der Waals surface area contributed by atoms with Crippen LogP contribution in [0.15, 0.2) is 53.3 Å². The maximum absolute atomic E-state index is 14.7. The van der Waals surface area contributed by atoms with Crippen molar-refractivity contribution in [2.24, 2.45) is 5.92 Å². The summed E-state index contributed by atoms with van der Waals surface area (Å²) in [5.41, 5.74) is 7.80. The predicted octanol–water partition coefficient (Wildman–Crippen LogP) is 3.88. The van der Waals surface area contributed by atoms with Crippen LogP contribution in [0.3, 0.4) is 0 Å². The van der Waals surface area contributed by atoms with Gasteiger partial charge in [0, 0.05) is 52.1 Å². The highest BCUT2D eigenvalue weighted by Gasteiger charge is 2.39. The summed E-state index contributed by atoms with van der Waals surface area (Å²) >= 11 is 0. The normalized spacial score (nSPS) is 16.6. The van der Waals surface area contributed by atoms with E-state index in [2.05, 4.69) is 10.00 Å². The number of piperidine rings is 1. The van der Waals surface area contributed by atoms with Gasteiger partial charge in [-0.05, 0) is 75.9 Å². The summed E-state index contributed by atoms with van der Waals surface area (Å²) in [4.78, 5) is 42.8. The molecule has 2 N–H and O–H groups in total. The van der Waals surface area contributed by atoms with Crippen molar-refractivity contribution in [2.75, 3.05) is 70.2 Å². The molecule has 6 heterocycles. The topological polar surface area (TPSA) is 172 Å². The van der Waals surface area contributed by atoms with Gasteiger partial charge in [0.15, 0.2) is 17.1 Å². The Morgan fingerprint density at radius 1 is 0.961 bits per heavy atom. The summed E-state index contributed by atoms with van der Waals surface area (Å²) in [6.45, 7) is 9.89. The van der Waals surface area contributed by atoms with Gasteiger partial charge in [-0.2, -0.15) is 14.6 Å². The van der Waals surface area contributed by atoms with E-state index in [-0.39, 0.29) is 23.9 Å². The molecular weight excluding hydrogens is 656 g/mol. The number of carbonyl (C=O) groups excluding carboxylic acids is 2. The van der Waals surface area contributed by atoms with Gasteiger partial charge in [-0.3, -0.25) is 4.79 Å². The SMILES string of the molecule is COCCOc1ccc(N2CCN(C(=O)C(C3CCN(C(=O)OC(C)(C)C)CC3)n3ncc4c3nc(N)n3nc(-c5ccco5)nc43)CC2)cc1. The molecule has 0 aliphatic carbocycles. The van der Waals surface area contributed by atoms with E-state index >= 15 is 0 Å². The first-order chi connectivity index (χ1) is 24.6. The van der Waals surface area contributed by atoms with Crippen molar-refractivity contribution in [1.82, 2.24) is 39.2 Å². The van der Waals surface area contributed by atoms with Crippen LogP contribution >= 0.6 is 0 Å². The lowest BCUT2D eigenvalue weighted by Crippen LogP contribution is -2.52. The molecule has 1 aromatic carbocycles. The predicted molar refractivity (Wildman–Crippen MR) is 188 cm³/mol. The molecule has 2 saturated heterocycles. The number of hydrogen-bond donors (Lipinski definition) is 1. The molecule has 16 nitrogen and oxygen atoms in total. The lowest BCUT2D eigenvalue weighted by molar-refractivity contribution is -0.137. The number of likely N-dealkylation sites (tertiary alicyclic amines) is 1. The number of carbonyl (C=O) groups is 2. The number of furan rings is 1. The summed E-state index contributed by atoms with van der Waals surface area (Å²) in [6.07, 6.45) is 4.03. The van der Waals surface area contributed by atoms with Gasteiger partial charge in [-0.25, -0.2) is 14.5 Å². The molecule has 51 heavy (non-hydrogen) atoms. The summed E-state index contributed by atoms with van der Waals surface area (Å²) in [5, 5.41) is 9.88. The summed E-state index contributed by atoms with van der Waals surface area (Å²) in [6, 6.07) is 10.8. The summed E-state index contributed by atoms with van der Waals surface area (Å²) in [7, 11) is 1.65. The minimum atomic E-state index is -0.680. The van der Waals surface area contributed by atoms with Gasteiger partial charge in [0.05, 0.1) is 24.5 Å². The van der Waals surface area contributed by atoms with Gasteiger partial charge >= 0.3 is 6.09 Å². The highest BCUT2D eigenvalue weighted by Crippen LogP contribution is 2.35. The van der Waals surface area contributed by atoms with E-state index in [1.807, 2.05) is 49.9 Å². The van der Waals surface area contributed by atoms with Crippen LogP contribution < -0.4 is 15.4 Å². The zero-order chi connectivity index (χ0) is 35.7. The molecule has 2 amide bonds. The van der Waals surface area contributed by atoms with Gasteiger partial charge in [0.2, 0.25) is 17.7 Å². The van der Waals surface area contributed by atoms with Crippen LogP contribution in [0.4, 0.5) is 16.4 Å². The zero-order valence-corrected chi connectivity index (χ0v) is 29.4. The minimum absolute atomic E-state index is 0.0461. The molecule has 0 bridgehead atoms. The van der Waals surface area contributed by atoms with Crippen LogP contribution in [0, 0.1) is 5.92 Å². The molecule has 1 unspecified atom stereocenters. The second-order valence-corrected chi connectivity index (χ2v) is 13.8. The first-order valence-electron chi connectivity index (χ1n) is 17.3. The fourth-order valence-electron chi connectivity index (χ4n) is 6.74. The van der Waals surface area contributed by atoms with Crippen molar-refractivity contribution in [1.29, 1.82) is 0 Å². The maximum Gasteiger partial charge on any atom is 0.410 e. The van der Waals surface area contributed by atoms with Crippen LogP contribution in [-0.2, 0) is 14.3 Å². The average molecular weight is 701 g/mol. The van der Waals surface area contributed by atoms with E-state index in [1.165, 1.54) is 4.52 Å². The lowest BCUT2D eigenvalue weighted by atomic mass is 9.88. The highest BCUT2D eigenvalue weighted by molar-refractivity contribution is 5.92. The van der Waals surface area contributed by atoms with E-state index < -0.39 is 11.6 Å². The first-order valence-corrected chi connectivity index (χ1v) is 17.3. The van der Waals surface area contributed by atoms with Crippen molar-refractivity contribution in [2.45, 2.75) is 45.3 Å². The van der Waals surface area contributed by atoms with Crippen molar-refractivity contribution in [3.8, 4) is 17.3 Å². The number of rotatable bonds is 9. The fourth-order valence-corrected chi connectivity index (χ4v) is 6.74. The van der Waals surface area contributed by atoms with E-state index in [0.29, 0.717) is 93.6 Å². The minimum Gasteiger partial charge on any atom is -0.491 e. The number of fused-ring (bicyclic) bond motifs is 3. The van der Waals surface area contributed by atoms with Crippen molar-refractivity contribution >= 4 is 40.3 Å². The highest BCUT2D eigenvalue weighted by atomic mass is 16.6. The Balaban J connectivity index is 1.14. The third kappa shape index (κ3) is 7.13. The average Bonchev–Trinajstić information content (AvgIpc) is 3.90. The largest absolute Gasteiger partial charge is 0.491 e. The number of methoxy groups -OCH3 is 1. The van der Waals surface area contributed by atoms with Crippen molar-refractivity contribution in [3.05, 3.63) is 48.9 Å². The van der Waals surface area contributed by atoms with Crippen molar-refractivity contribution in [3.63, 3.8) is 0 Å². The van der Waals surface area contributed by atoms with Crippen LogP contribution in [0.25, 0.3) is 28.3 Å². The Bertz CT molecular complexity index is 1970. The molecule has 270 valence electrons. The number of nitrogen functional groups attached to an aromatic ring is 1. The van der Waals surface area contributed by atoms with Crippen LogP contribution in [0.5, 0.6) is 5.75 Å². The van der Waals surface area contributed by atoms with Crippen LogP contribution in [0.1, 0.15) is 39.7 Å². The van der Waals surface area contributed by atoms with Crippen molar-refractivity contribution < 1.29 is 28.2 Å². The number of hydrogen-bond acceptors (Lipinski definition) is 12. The second kappa shape index (κ2) is 14.1. The number of ether oxygens (including phenoxy) is 3. The molecule has 2 aliphatic heterocycles. The lowest BCUT2D eigenvalue weighted by Gasteiger charge is -2.40. The molecule has 5 aromatic rings. The molecule has 0 spiro atoms. The standard InChI is InChI=1S/C35H44N10O6/c1-35(2,3)51-34(47)43-13-11-23(12-14-43)28(32(46)42-17-15-41(16-18-42)24-7-9-25(10-8-24)49-21-20-48-4)44-31-26(22-37-44)30-38-29(27-6-5-19-50-27)40-45(30)33(36)39-31/h5-10,19,22-23,28H,11-18,20-21H2,1-4H3,(H2,36,39). The number of aromatic nitrogens is 6. The molecule has 4 aromatic heterocycles. The Hall–Kier alpha value is -5.38. The molecule has 2 aliphatic rings. The Labute approximate surface area is 295 Å². The quantitative estimate of drug-likeness (QED) is 0.221. The number of benzene rings is 1. The Kier molecular flexibility index (Phi) is 9.42. The van der Waals surface area contributed by atoms with E-state index in [1.54, 1.807) is 41.3 Å². The number of amides is 2. The zero-order valence-electron chi connectivity index (χ0n) is 29.4. The number of nitrogens with two attached hydrogens (primary N) is 1. The molecule has 2 fully saturated rings. The first kappa shape index (κ1) is 34.1. The number of piperazine rings is 1. The second-order valence-electron chi connectivity index (χ2n) is 13.8. The molecule has 7 rings (SSSR count). The van der Waals surface area contributed by atoms with Crippen LogP contribution in [-0.4, -0.2) is 116 Å². The molecule has 0 saturated carbocycles. The number of anilines is 2. The monoisotopic (exact) mass is 700 g/mol. The van der Waals surface area contributed by atoms with Gasteiger partial charge in [-0.1, -0.05) is 0 Å².